The van der Waals surface area contributed by atoms with E-state index in [9.17, 15) is 4.39 Å². The van der Waals surface area contributed by atoms with E-state index in [2.05, 4.69) is 4.98 Å². The van der Waals surface area contributed by atoms with Gasteiger partial charge in [0.05, 0.1) is 31.8 Å². The third-order valence-corrected chi connectivity index (χ3v) is 4.50. The number of aromatic nitrogens is 2. The maximum absolute atomic E-state index is 13.7. The summed E-state index contributed by atoms with van der Waals surface area (Å²) >= 11 is 23.5. The topological polar surface area (TPSA) is 20.7 Å². The SMILES string of the molecule is Cc1cc2c(cc1F)[nH]c(=S)n2-c1cc(Cl)c(Cl)cc1Cl. The molecule has 0 radical (unpaired) electrons. The Morgan fingerprint density at radius 1 is 1.05 bits per heavy atom. The number of hydrogen-bond acceptors (Lipinski definition) is 1. The molecule has 21 heavy (non-hydrogen) atoms. The van der Waals surface area contributed by atoms with Crippen molar-refractivity contribution in [3.8, 4) is 5.69 Å². The molecule has 0 saturated carbocycles. The molecule has 0 unspecified atom stereocenters. The lowest BCUT2D eigenvalue weighted by Crippen LogP contribution is -1.96. The number of aryl methyl sites for hydroxylation is 1. The molecule has 3 rings (SSSR count). The standard InChI is InChI=1S/C14H8Cl3FN2S/c1-6-2-13-11(5-10(6)18)19-14(21)20(13)12-4-8(16)7(15)3-9(12)17/h2-5H,1H3,(H,19,21). The van der Waals surface area contributed by atoms with E-state index in [-0.39, 0.29) is 5.82 Å². The van der Waals surface area contributed by atoms with Crippen molar-refractivity contribution >= 4 is 58.1 Å². The minimum atomic E-state index is -0.300. The Labute approximate surface area is 140 Å². The molecule has 108 valence electrons. The van der Waals surface area contributed by atoms with Crippen LogP contribution in [0, 0.1) is 17.5 Å². The van der Waals surface area contributed by atoms with Gasteiger partial charge in [0.15, 0.2) is 4.77 Å². The molecule has 0 spiro atoms. The summed E-state index contributed by atoms with van der Waals surface area (Å²) in [4.78, 5) is 2.96. The van der Waals surface area contributed by atoms with Crippen LogP contribution < -0.4 is 0 Å². The Hall–Kier alpha value is -1.07. The third kappa shape index (κ3) is 2.46. The number of imidazole rings is 1. The number of nitrogens with one attached hydrogen (secondary N) is 1. The van der Waals surface area contributed by atoms with Gasteiger partial charge in [-0.3, -0.25) is 4.57 Å². The van der Waals surface area contributed by atoms with E-state index in [0.29, 0.717) is 36.6 Å². The summed E-state index contributed by atoms with van der Waals surface area (Å²) in [5, 5.41) is 1.13. The largest absolute Gasteiger partial charge is 0.330 e. The molecule has 0 aliphatic rings. The van der Waals surface area contributed by atoms with Crippen molar-refractivity contribution in [1.29, 1.82) is 0 Å². The van der Waals surface area contributed by atoms with Gasteiger partial charge in [0, 0.05) is 0 Å². The molecule has 0 aliphatic heterocycles. The highest BCUT2D eigenvalue weighted by Crippen LogP contribution is 2.33. The van der Waals surface area contributed by atoms with Crippen LogP contribution >= 0.6 is 47.0 Å². The van der Waals surface area contributed by atoms with Crippen LogP contribution in [0.2, 0.25) is 15.1 Å². The zero-order chi connectivity index (χ0) is 15.3. The van der Waals surface area contributed by atoms with Crippen LogP contribution in [-0.2, 0) is 0 Å². The predicted molar refractivity (Wildman–Crippen MR) is 88.2 cm³/mol. The first kappa shape index (κ1) is 14.9. The molecule has 1 heterocycles. The van der Waals surface area contributed by atoms with Gasteiger partial charge in [0.25, 0.3) is 0 Å². The predicted octanol–water partition coefficient (Wildman–Crippen LogP) is 6.10. The molecule has 0 fully saturated rings. The van der Waals surface area contributed by atoms with Crippen molar-refractivity contribution in [2.45, 2.75) is 6.92 Å². The highest BCUT2D eigenvalue weighted by molar-refractivity contribution is 7.71. The second kappa shape index (κ2) is 5.29. The van der Waals surface area contributed by atoms with Gasteiger partial charge in [-0.15, -0.1) is 0 Å². The minimum absolute atomic E-state index is 0.300. The molecule has 0 amide bonds. The van der Waals surface area contributed by atoms with Crippen LogP contribution in [0.5, 0.6) is 0 Å². The maximum Gasteiger partial charge on any atom is 0.182 e. The fourth-order valence-electron chi connectivity index (χ4n) is 2.15. The normalized spacial score (nSPS) is 11.3. The summed E-state index contributed by atoms with van der Waals surface area (Å²) in [6, 6.07) is 6.30. The van der Waals surface area contributed by atoms with Gasteiger partial charge >= 0.3 is 0 Å². The highest BCUT2D eigenvalue weighted by atomic mass is 35.5. The van der Waals surface area contributed by atoms with E-state index in [1.165, 1.54) is 6.07 Å². The Kier molecular flexibility index (Phi) is 3.74. The van der Waals surface area contributed by atoms with Crippen molar-refractivity contribution < 1.29 is 4.39 Å². The van der Waals surface area contributed by atoms with Crippen molar-refractivity contribution in [1.82, 2.24) is 9.55 Å². The molecule has 3 aromatic rings. The molecule has 0 saturated heterocycles. The molecule has 0 aliphatic carbocycles. The highest BCUT2D eigenvalue weighted by Gasteiger charge is 2.14. The summed E-state index contributed by atoms with van der Waals surface area (Å²) in [7, 11) is 0. The first-order valence-corrected chi connectivity index (χ1v) is 7.48. The van der Waals surface area contributed by atoms with Crippen molar-refractivity contribution in [2.75, 3.05) is 0 Å². The van der Waals surface area contributed by atoms with Crippen molar-refractivity contribution in [3.63, 3.8) is 0 Å². The average molecular weight is 362 g/mol. The number of fused-ring (bicyclic) bond motifs is 1. The number of halogens is 4. The van der Waals surface area contributed by atoms with Gasteiger partial charge in [-0.2, -0.15) is 0 Å². The van der Waals surface area contributed by atoms with E-state index in [1.807, 2.05) is 0 Å². The molecular formula is C14H8Cl3FN2S. The van der Waals surface area contributed by atoms with Crippen LogP contribution in [0.25, 0.3) is 16.7 Å². The van der Waals surface area contributed by atoms with E-state index >= 15 is 0 Å². The van der Waals surface area contributed by atoms with Crippen LogP contribution in [0.3, 0.4) is 0 Å². The zero-order valence-electron chi connectivity index (χ0n) is 10.7. The second-order valence-corrected chi connectivity index (χ2v) is 6.21. The quantitative estimate of drug-likeness (QED) is 0.410. The summed E-state index contributed by atoms with van der Waals surface area (Å²) in [6.45, 7) is 1.69. The van der Waals surface area contributed by atoms with E-state index in [1.54, 1.807) is 29.7 Å². The summed E-state index contributed by atoms with van der Waals surface area (Å²) in [5.74, 6) is -0.300. The van der Waals surface area contributed by atoms with Gasteiger partial charge in [0.2, 0.25) is 0 Å². The smallest absolute Gasteiger partial charge is 0.182 e. The summed E-state index contributed by atoms with van der Waals surface area (Å²) in [6.07, 6.45) is 0. The Balaban J connectivity index is 2.40. The van der Waals surface area contributed by atoms with Gasteiger partial charge in [0.1, 0.15) is 5.82 Å². The van der Waals surface area contributed by atoms with Gasteiger partial charge in [-0.05, 0) is 49.0 Å². The Morgan fingerprint density at radius 2 is 1.71 bits per heavy atom. The fourth-order valence-corrected chi connectivity index (χ4v) is 3.09. The van der Waals surface area contributed by atoms with Gasteiger partial charge in [-0.25, -0.2) is 4.39 Å². The second-order valence-electron chi connectivity index (χ2n) is 4.60. The number of nitrogens with zero attached hydrogens (tertiary/aromatic N) is 1. The average Bonchev–Trinajstić information content (AvgIpc) is 2.70. The third-order valence-electron chi connectivity index (χ3n) is 3.19. The molecule has 0 bridgehead atoms. The maximum atomic E-state index is 13.7. The number of rotatable bonds is 1. The first-order chi connectivity index (χ1) is 9.88. The molecule has 1 aromatic heterocycles. The lowest BCUT2D eigenvalue weighted by atomic mass is 10.2. The summed E-state index contributed by atoms with van der Waals surface area (Å²) < 4.78 is 15.8. The summed E-state index contributed by atoms with van der Waals surface area (Å²) in [5.41, 5.74) is 2.42. The molecule has 2 aromatic carbocycles. The van der Waals surface area contributed by atoms with Crippen LogP contribution in [0.4, 0.5) is 4.39 Å². The molecule has 0 atom stereocenters. The molecule has 7 heteroatoms. The van der Waals surface area contributed by atoms with Crippen molar-refractivity contribution in [2.24, 2.45) is 0 Å². The van der Waals surface area contributed by atoms with Crippen LogP contribution in [-0.4, -0.2) is 9.55 Å². The molecule has 1 N–H and O–H groups in total. The number of aromatic amines is 1. The van der Waals surface area contributed by atoms with E-state index in [0.717, 1.165) is 5.52 Å². The van der Waals surface area contributed by atoms with Crippen molar-refractivity contribution in [3.05, 3.63) is 55.5 Å². The van der Waals surface area contributed by atoms with E-state index < -0.39 is 0 Å². The fraction of sp³-hybridized carbons (Fsp3) is 0.0714. The molecular weight excluding hydrogens is 354 g/mol. The number of benzene rings is 2. The van der Waals surface area contributed by atoms with Crippen LogP contribution in [0.1, 0.15) is 5.56 Å². The minimum Gasteiger partial charge on any atom is -0.330 e. The lowest BCUT2D eigenvalue weighted by Gasteiger charge is -2.09. The zero-order valence-corrected chi connectivity index (χ0v) is 13.8. The number of H-pyrrole nitrogens is 1. The van der Waals surface area contributed by atoms with Crippen LogP contribution in [0.15, 0.2) is 24.3 Å². The number of hydrogen-bond donors (Lipinski definition) is 1. The van der Waals surface area contributed by atoms with E-state index in [4.69, 9.17) is 47.0 Å². The Morgan fingerprint density at radius 3 is 2.43 bits per heavy atom. The molecule has 2 nitrogen and oxygen atoms in total. The Bertz CT molecular complexity index is 930. The monoisotopic (exact) mass is 360 g/mol. The van der Waals surface area contributed by atoms with Gasteiger partial charge < -0.3 is 4.98 Å². The lowest BCUT2D eigenvalue weighted by molar-refractivity contribution is 0.620. The first-order valence-electron chi connectivity index (χ1n) is 5.94. The van der Waals surface area contributed by atoms with Gasteiger partial charge in [-0.1, -0.05) is 34.8 Å².